The molecule has 0 spiro atoms. The molecule has 0 aliphatic heterocycles. The van der Waals surface area contributed by atoms with Crippen molar-refractivity contribution in [3.8, 4) is 17.3 Å². The molecule has 7 nitrogen and oxygen atoms in total. The SMILES string of the molecule is CCOc1cnc(-c2nn(Cc3c(F)cc(C4CC4)cc3F)c3ccccc23)nc1Nc1ccncc1. The molecule has 5 aromatic rings. The van der Waals surface area contributed by atoms with Crippen LogP contribution in [0.2, 0.25) is 0 Å². The molecular weight excluding hydrogens is 474 g/mol. The number of aromatic nitrogens is 5. The Morgan fingerprint density at radius 3 is 2.54 bits per heavy atom. The third-order valence-electron chi connectivity index (χ3n) is 6.39. The van der Waals surface area contributed by atoms with Gasteiger partial charge in [0, 0.05) is 29.0 Å². The molecule has 1 N–H and O–H groups in total. The summed E-state index contributed by atoms with van der Waals surface area (Å²) < 4.78 is 37.2. The lowest BCUT2D eigenvalue weighted by atomic mass is 10.1. The van der Waals surface area contributed by atoms with E-state index in [-0.39, 0.29) is 18.0 Å². The molecule has 1 fully saturated rings. The van der Waals surface area contributed by atoms with E-state index in [1.54, 1.807) is 23.3 Å². The molecule has 1 aliphatic rings. The first-order chi connectivity index (χ1) is 18.1. The molecule has 0 radical (unpaired) electrons. The fourth-order valence-electron chi connectivity index (χ4n) is 4.40. The molecule has 2 aromatic carbocycles. The minimum atomic E-state index is -0.552. The predicted octanol–water partition coefficient (Wildman–Crippen LogP) is 6.23. The van der Waals surface area contributed by atoms with Gasteiger partial charge in [0.05, 0.1) is 24.9 Å². The van der Waals surface area contributed by atoms with Crippen LogP contribution in [0, 0.1) is 11.6 Å². The zero-order valence-electron chi connectivity index (χ0n) is 20.2. The monoisotopic (exact) mass is 498 g/mol. The van der Waals surface area contributed by atoms with Gasteiger partial charge in [-0.2, -0.15) is 5.10 Å². The minimum absolute atomic E-state index is 0.0168. The molecular formula is C28H24F2N6O. The number of fused-ring (bicyclic) bond motifs is 1. The first kappa shape index (κ1) is 23.0. The Hall–Kier alpha value is -4.40. The van der Waals surface area contributed by atoms with Crippen LogP contribution in [-0.2, 0) is 6.54 Å². The van der Waals surface area contributed by atoms with Crippen LogP contribution in [0.5, 0.6) is 5.75 Å². The molecule has 1 aliphatic carbocycles. The van der Waals surface area contributed by atoms with E-state index in [1.807, 2.05) is 43.3 Å². The van der Waals surface area contributed by atoms with Gasteiger partial charge < -0.3 is 10.1 Å². The van der Waals surface area contributed by atoms with E-state index >= 15 is 0 Å². The van der Waals surface area contributed by atoms with Crippen molar-refractivity contribution >= 4 is 22.4 Å². The number of para-hydroxylation sites is 1. The van der Waals surface area contributed by atoms with Crippen molar-refractivity contribution in [2.75, 3.05) is 11.9 Å². The van der Waals surface area contributed by atoms with E-state index in [9.17, 15) is 8.78 Å². The number of anilines is 2. The minimum Gasteiger partial charge on any atom is -0.488 e. The molecule has 0 unspecified atom stereocenters. The highest BCUT2D eigenvalue weighted by atomic mass is 19.1. The molecule has 0 bridgehead atoms. The van der Waals surface area contributed by atoms with Crippen LogP contribution < -0.4 is 10.1 Å². The summed E-state index contributed by atoms with van der Waals surface area (Å²) in [7, 11) is 0. The van der Waals surface area contributed by atoms with Crippen molar-refractivity contribution in [1.82, 2.24) is 24.7 Å². The van der Waals surface area contributed by atoms with E-state index < -0.39 is 11.6 Å². The second-order valence-corrected chi connectivity index (χ2v) is 8.96. The number of ether oxygens (including phenoxy) is 1. The van der Waals surface area contributed by atoms with E-state index in [1.165, 1.54) is 12.1 Å². The van der Waals surface area contributed by atoms with Crippen molar-refractivity contribution < 1.29 is 13.5 Å². The molecule has 0 saturated heterocycles. The molecule has 186 valence electrons. The van der Waals surface area contributed by atoms with Crippen molar-refractivity contribution in [3.63, 3.8) is 0 Å². The van der Waals surface area contributed by atoms with Gasteiger partial charge in [-0.1, -0.05) is 18.2 Å². The summed E-state index contributed by atoms with van der Waals surface area (Å²) in [5, 5.41) is 8.73. The fourth-order valence-corrected chi connectivity index (χ4v) is 4.40. The van der Waals surface area contributed by atoms with Gasteiger partial charge >= 0.3 is 0 Å². The van der Waals surface area contributed by atoms with Crippen LogP contribution in [0.3, 0.4) is 0 Å². The summed E-state index contributed by atoms with van der Waals surface area (Å²) in [5.41, 5.74) is 2.73. The Morgan fingerprint density at radius 1 is 1.05 bits per heavy atom. The number of pyridine rings is 1. The van der Waals surface area contributed by atoms with Gasteiger partial charge in [-0.05, 0) is 61.6 Å². The summed E-state index contributed by atoms with van der Waals surface area (Å²) in [6.07, 6.45) is 6.90. The molecule has 37 heavy (non-hydrogen) atoms. The molecule has 0 atom stereocenters. The van der Waals surface area contributed by atoms with E-state index in [2.05, 4.69) is 15.3 Å². The van der Waals surface area contributed by atoms with Crippen molar-refractivity contribution in [2.45, 2.75) is 32.2 Å². The molecule has 3 aromatic heterocycles. The number of hydrogen-bond donors (Lipinski definition) is 1. The largest absolute Gasteiger partial charge is 0.488 e. The topological polar surface area (TPSA) is 77.8 Å². The highest BCUT2D eigenvalue weighted by molar-refractivity contribution is 5.92. The first-order valence-electron chi connectivity index (χ1n) is 12.2. The van der Waals surface area contributed by atoms with Crippen molar-refractivity contribution in [1.29, 1.82) is 0 Å². The maximum atomic E-state index is 15.0. The second kappa shape index (κ2) is 9.57. The highest BCUT2D eigenvalue weighted by Crippen LogP contribution is 2.41. The Morgan fingerprint density at radius 2 is 1.81 bits per heavy atom. The first-order valence-corrected chi connectivity index (χ1v) is 12.2. The van der Waals surface area contributed by atoms with E-state index in [0.29, 0.717) is 29.7 Å². The number of hydrogen-bond acceptors (Lipinski definition) is 6. The van der Waals surface area contributed by atoms with E-state index in [4.69, 9.17) is 14.8 Å². The Balaban J connectivity index is 1.40. The molecule has 1 saturated carbocycles. The van der Waals surface area contributed by atoms with Crippen LogP contribution in [0.25, 0.3) is 22.4 Å². The second-order valence-electron chi connectivity index (χ2n) is 8.96. The Kier molecular flexibility index (Phi) is 5.96. The molecule has 9 heteroatoms. The third-order valence-corrected chi connectivity index (χ3v) is 6.39. The van der Waals surface area contributed by atoms with Gasteiger partial charge in [0.2, 0.25) is 0 Å². The fraction of sp³-hybridized carbons (Fsp3) is 0.214. The number of nitrogens with zero attached hydrogens (tertiary/aromatic N) is 5. The van der Waals surface area contributed by atoms with Gasteiger partial charge in [0.25, 0.3) is 0 Å². The standard InChI is InChI=1S/C28H24F2N6O/c1-2-37-25-15-32-28(34-27(25)33-19-9-11-31-12-10-19)26-20-5-3-4-6-24(20)36(35-26)16-21-22(29)13-18(14-23(21)30)17-7-8-17/h3-6,9-15,17H,2,7-8,16H2,1H3,(H,31,32,33,34). The summed E-state index contributed by atoms with van der Waals surface area (Å²) in [5.74, 6) is 0.492. The zero-order chi connectivity index (χ0) is 25.4. The highest BCUT2D eigenvalue weighted by Gasteiger charge is 2.26. The van der Waals surface area contributed by atoms with Crippen LogP contribution in [0.1, 0.15) is 36.8 Å². The van der Waals surface area contributed by atoms with Crippen molar-refractivity contribution in [3.05, 3.63) is 89.9 Å². The van der Waals surface area contributed by atoms with Crippen molar-refractivity contribution in [2.24, 2.45) is 0 Å². The van der Waals surface area contributed by atoms with Gasteiger partial charge in [-0.3, -0.25) is 9.67 Å². The van der Waals surface area contributed by atoms with Gasteiger partial charge in [-0.15, -0.1) is 0 Å². The van der Waals surface area contributed by atoms with Gasteiger partial charge in [0.1, 0.15) is 17.3 Å². The predicted molar refractivity (Wildman–Crippen MR) is 137 cm³/mol. The lowest BCUT2D eigenvalue weighted by Gasteiger charge is -2.12. The average molecular weight is 499 g/mol. The number of halogens is 2. The zero-order valence-corrected chi connectivity index (χ0v) is 20.2. The van der Waals surface area contributed by atoms with Crippen LogP contribution >= 0.6 is 0 Å². The smallest absolute Gasteiger partial charge is 0.183 e. The summed E-state index contributed by atoms with van der Waals surface area (Å²) in [6, 6.07) is 14.1. The lowest BCUT2D eigenvalue weighted by Crippen LogP contribution is -2.07. The summed E-state index contributed by atoms with van der Waals surface area (Å²) >= 11 is 0. The quantitative estimate of drug-likeness (QED) is 0.273. The Bertz CT molecular complexity index is 1560. The normalized spacial score (nSPS) is 13.2. The molecule has 6 rings (SSSR count). The number of nitrogens with one attached hydrogen (secondary N) is 1. The lowest BCUT2D eigenvalue weighted by molar-refractivity contribution is 0.339. The van der Waals surface area contributed by atoms with Gasteiger partial charge in [-0.25, -0.2) is 18.7 Å². The van der Waals surface area contributed by atoms with Gasteiger partial charge in [0.15, 0.2) is 17.4 Å². The third kappa shape index (κ3) is 4.60. The number of benzene rings is 2. The summed E-state index contributed by atoms with van der Waals surface area (Å²) in [6.45, 7) is 2.28. The molecule has 3 heterocycles. The van der Waals surface area contributed by atoms with Crippen LogP contribution in [-0.4, -0.2) is 31.3 Å². The van der Waals surface area contributed by atoms with Crippen LogP contribution in [0.4, 0.5) is 20.3 Å². The van der Waals surface area contributed by atoms with E-state index in [0.717, 1.165) is 35.0 Å². The Labute approximate surface area is 212 Å². The summed E-state index contributed by atoms with van der Waals surface area (Å²) in [4.78, 5) is 13.3. The maximum absolute atomic E-state index is 15.0. The molecule has 0 amide bonds. The maximum Gasteiger partial charge on any atom is 0.183 e. The number of rotatable bonds is 8. The average Bonchev–Trinajstić information content (AvgIpc) is 3.70. The van der Waals surface area contributed by atoms with Crippen LogP contribution in [0.15, 0.2) is 67.1 Å².